The average molecular weight is 397 g/mol. The number of esters is 1. The van der Waals surface area contributed by atoms with Crippen LogP contribution in [0.2, 0.25) is 0 Å². The van der Waals surface area contributed by atoms with E-state index in [0.29, 0.717) is 0 Å². The Morgan fingerprint density at radius 3 is 2.52 bits per heavy atom. The highest BCUT2D eigenvalue weighted by molar-refractivity contribution is 5.92. The van der Waals surface area contributed by atoms with Gasteiger partial charge in [0, 0.05) is 5.39 Å². The summed E-state index contributed by atoms with van der Waals surface area (Å²) < 4.78 is 47.5. The monoisotopic (exact) mass is 397 g/mol. The number of benzene rings is 3. The molecular weight excluding hydrogens is 379 g/mol. The fourth-order valence-corrected chi connectivity index (χ4v) is 3.10. The van der Waals surface area contributed by atoms with Gasteiger partial charge < -0.3 is 4.74 Å². The largest absolute Gasteiger partial charge is 0.423 e. The zero-order valence-electron chi connectivity index (χ0n) is 15.8. The molecule has 0 aliphatic carbocycles. The van der Waals surface area contributed by atoms with Crippen LogP contribution in [0.1, 0.15) is 47.7 Å². The lowest BCUT2D eigenvalue weighted by Crippen LogP contribution is -2.11. The number of hydrogen-bond donors (Lipinski definition) is 0. The molecular formula is C23H18F3NO2. The van der Waals surface area contributed by atoms with Crippen molar-refractivity contribution in [1.29, 1.82) is 5.26 Å². The predicted octanol–water partition coefficient (Wildman–Crippen LogP) is 6.08. The van der Waals surface area contributed by atoms with Crippen LogP contribution in [0.15, 0.2) is 42.5 Å². The first-order chi connectivity index (χ1) is 13.9. The van der Waals surface area contributed by atoms with Crippen LogP contribution in [-0.2, 0) is 6.42 Å². The van der Waals surface area contributed by atoms with Gasteiger partial charge in [-0.05, 0) is 60.2 Å². The Morgan fingerprint density at radius 1 is 1.03 bits per heavy atom. The molecule has 148 valence electrons. The van der Waals surface area contributed by atoms with Crippen LogP contribution >= 0.6 is 0 Å². The van der Waals surface area contributed by atoms with Crippen LogP contribution in [-0.4, -0.2) is 5.97 Å². The molecule has 0 N–H and O–H groups in total. The predicted molar refractivity (Wildman–Crippen MR) is 103 cm³/mol. The molecule has 0 saturated heterocycles. The molecule has 0 aromatic heterocycles. The summed E-state index contributed by atoms with van der Waals surface area (Å²) in [5.74, 6) is -3.56. The Hall–Kier alpha value is -3.33. The van der Waals surface area contributed by atoms with E-state index in [4.69, 9.17) is 10.00 Å². The second-order valence-corrected chi connectivity index (χ2v) is 6.70. The van der Waals surface area contributed by atoms with Gasteiger partial charge in [-0.3, -0.25) is 0 Å². The van der Waals surface area contributed by atoms with Gasteiger partial charge in [0.05, 0.1) is 5.56 Å². The molecule has 0 aliphatic heterocycles. The first-order valence-electron chi connectivity index (χ1n) is 9.27. The van der Waals surface area contributed by atoms with Gasteiger partial charge in [0.2, 0.25) is 0 Å². The lowest BCUT2D eigenvalue weighted by Gasteiger charge is -2.09. The number of unbranched alkanes of at least 4 members (excludes halogenated alkanes) is 2. The summed E-state index contributed by atoms with van der Waals surface area (Å²) in [5.41, 5.74) is -0.0951. The van der Waals surface area contributed by atoms with Gasteiger partial charge in [0.1, 0.15) is 29.0 Å². The summed E-state index contributed by atoms with van der Waals surface area (Å²) in [4.78, 5) is 12.3. The fourth-order valence-electron chi connectivity index (χ4n) is 3.10. The maximum Gasteiger partial charge on any atom is 0.346 e. The van der Waals surface area contributed by atoms with Gasteiger partial charge in [-0.15, -0.1) is 0 Å². The third-order valence-electron chi connectivity index (χ3n) is 4.64. The molecule has 3 aromatic carbocycles. The Morgan fingerprint density at radius 2 is 1.83 bits per heavy atom. The van der Waals surface area contributed by atoms with Crippen LogP contribution in [0.4, 0.5) is 13.2 Å². The summed E-state index contributed by atoms with van der Waals surface area (Å²) in [5, 5.41) is 8.97. The van der Waals surface area contributed by atoms with E-state index in [2.05, 4.69) is 6.92 Å². The van der Waals surface area contributed by atoms with Gasteiger partial charge >= 0.3 is 5.97 Å². The first kappa shape index (κ1) is 20.4. The van der Waals surface area contributed by atoms with E-state index < -0.39 is 29.0 Å². The molecule has 0 saturated carbocycles. The molecule has 0 bridgehead atoms. The molecule has 29 heavy (non-hydrogen) atoms. The molecule has 0 atom stereocenters. The Balaban J connectivity index is 1.82. The first-order valence-corrected chi connectivity index (χ1v) is 9.27. The molecule has 0 unspecified atom stereocenters. The molecule has 3 nitrogen and oxygen atoms in total. The van der Waals surface area contributed by atoms with E-state index >= 15 is 0 Å². The average Bonchev–Trinajstić information content (AvgIpc) is 2.68. The van der Waals surface area contributed by atoms with Crippen LogP contribution in [0.5, 0.6) is 5.75 Å². The van der Waals surface area contributed by atoms with E-state index in [9.17, 15) is 18.0 Å². The summed E-state index contributed by atoms with van der Waals surface area (Å²) >= 11 is 0. The number of rotatable bonds is 6. The second-order valence-electron chi connectivity index (χ2n) is 6.70. The van der Waals surface area contributed by atoms with Crippen molar-refractivity contribution in [2.75, 3.05) is 0 Å². The maximum absolute atomic E-state index is 14.3. The lowest BCUT2D eigenvalue weighted by molar-refractivity contribution is 0.0730. The molecule has 0 aliphatic rings. The number of hydrogen-bond acceptors (Lipinski definition) is 3. The number of nitrogens with zero attached hydrogens (tertiary/aromatic N) is 1. The highest BCUT2D eigenvalue weighted by Gasteiger charge is 2.17. The molecule has 3 rings (SSSR count). The van der Waals surface area contributed by atoms with Gasteiger partial charge in [-0.2, -0.15) is 5.26 Å². The van der Waals surface area contributed by atoms with Crippen LogP contribution in [0.25, 0.3) is 10.8 Å². The molecule has 0 heterocycles. The Kier molecular flexibility index (Phi) is 6.18. The van der Waals surface area contributed by atoms with Crippen molar-refractivity contribution < 1.29 is 22.7 Å². The number of carbonyl (C=O) groups excluding carboxylic acids is 1. The summed E-state index contributed by atoms with van der Waals surface area (Å²) in [7, 11) is 0. The van der Waals surface area contributed by atoms with E-state index in [-0.39, 0.29) is 22.1 Å². The van der Waals surface area contributed by atoms with Crippen molar-refractivity contribution in [2.24, 2.45) is 0 Å². The normalized spacial score (nSPS) is 10.7. The van der Waals surface area contributed by atoms with E-state index in [1.54, 1.807) is 6.07 Å². The number of fused-ring (bicyclic) bond motifs is 1. The van der Waals surface area contributed by atoms with E-state index in [1.165, 1.54) is 36.4 Å². The third kappa shape index (κ3) is 4.40. The molecule has 0 amide bonds. The zero-order valence-corrected chi connectivity index (χ0v) is 15.8. The molecule has 3 aromatic rings. The maximum atomic E-state index is 14.3. The van der Waals surface area contributed by atoms with Gasteiger partial charge in [0.25, 0.3) is 0 Å². The minimum atomic E-state index is -1.01. The van der Waals surface area contributed by atoms with E-state index in [1.807, 2.05) is 0 Å². The van der Waals surface area contributed by atoms with Gasteiger partial charge in [-0.25, -0.2) is 18.0 Å². The summed E-state index contributed by atoms with van der Waals surface area (Å²) in [6.07, 6.45) is 3.78. The van der Waals surface area contributed by atoms with Crippen LogP contribution < -0.4 is 4.74 Å². The highest BCUT2D eigenvalue weighted by Crippen LogP contribution is 2.28. The lowest BCUT2D eigenvalue weighted by atomic mass is 10.0. The fraction of sp³-hybridized carbons (Fsp3) is 0.217. The molecule has 0 spiro atoms. The molecule has 0 fully saturated rings. The highest BCUT2D eigenvalue weighted by atomic mass is 19.1. The van der Waals surface area contributed by atoms with Crippen LogP contribution in [0, 0.1) is 28.8 Å². The van der Waals surface area contributed by atoms with Crippen LogP contribution in [0.3, 0.4) is 0 Å². The molecule has 6 heteroatoms. The van der Waals surface area contributed by atoms with Crippen molar-refractivity contribution in [3.8, 4) is 11.8 Å². The minimum Gasteiger partial charge on any atom is -0.423 e. The quantitative estimate of drug-likeness (QED) is 0.288. The molecule has 0 radical (unpaired) electrons. The summed E-state index contributed by atoms with van der Waals surface area (Å²) in [6.45, 7) is 2.08. The number of halogens is 3. The number of aryl methyl sites for hydroxylation is 1. The minimum absolute atomic E-state index is 0.0115. The van der Waals surface area contributed by atoms with E-state index in [0.717, 1.165) is 37.3 Å². The number of nitriles is 1. The second kappa shape index (κ2) is 8.78. The van der Waals surface area contributed by atoms with Crippen molar-refractivity contribution in [1.82, 2.24) is 0 Å². The van der Waals surface area contributed by atoms with Crippen molar-refractivity contribution in [3.63, 3.8) is 0 Å². The third-order valence-corrected chi connectivity index (χ3v) is 4.64. The van der Waals surface area contributed by atoms with Crippen molar-refractivity contribution in [3.05, 3.63) is 76.6 Å². The zero-order chi connectivity index (χ0) is 21.0. The smallest absolute Gasteiger partial charge is 0.346 e. The van der Waals surface area contributed by atoms with Gasteiger partial charge in [-0.1, -0.05) is 25.8 Å². The van der Waals surface area contributed by atoms with Gasteiger partial charge in [0.15, 0.2) is 5.82 Å². The van der Waals surface area contributed by atoms with Crippen molar-refractivity contribution >= 4 is 16.7 Å². The number of carbonyl (C=O) groups is 1. The topological polar surface area (TPSA) is 50.1 Å². The standard InChI is InChI=1S/C23H18F3NO2/c1-2-3-4-5-14-6-8-18(20(24)10-14)23(28)29-16-7-9-17-15(11-16)12-21(25)19(13-27)22(17)26/h6-12H,2-5H2,1H3. The van der Waals surface area contributed by atoms with Crippen molar-refractivity contribution in [2.45, 2.75) is 32.6 Å². The Bertz CT molecular complexity index is 1120. The Labute approximate surface area is 166 Å². The number of ether oxygens (including phenoxy) is 1. The summed E-state index contributed by atoms with van der Waals surface area (Å²) in [6, 6.07) is 10.7. The SMILES string of the molecule is CCCCCc1ccc(C(=O)Oc2ccc3c(F)c(C#N)c(F)cc3c2)c(F)c1.